The lowest BCUT2D eigenvalue weighted by Gasteiger charge is -2.29. The van der Waals surface area contributed by atoms with Gasteiger partial charge in [0.1, 0.15) is 12.1 Å². The molecule has 0 radical (unpaired) electrons. The molecule has 1 aliphatic heterocycles. The third kappa shape index (κ3) is 4.98. The highest BCUT2D eigenvalue weighted by Crippen LogP contribution is 2.29. The van der Waals surface area contributed by atoms with E-state index in [9.17, 15) is 14.7 Å². The number of benzene rings is 2. The fraction of sp³-hybridized carbons (Fsp3) is 0.143. The van der Waals surface area contributed by atoms with Gasteiger partial charge >= 0.3 is 0 Å². The lowest BCUT2D eigenvalue weighted by Crippen LogP contribution is -2.46. The molecule has 36 heavy (non-hydrogen) atoms. The van der Waals surface area contributed by atoms with E-state index in [2.05, 4.69) is 15.3 Å². The van der Waals surface area contributed by atoms with Crippen molar-refractivity contribution < 1.29 is 14.7 Å². The van der Waals surface area contributed by atoms with Crippen LogP contribution in [0.25, 0.3) is 0 Å². The zero-order valence-corrected chi connectivity index (χ0v) is 20.0. The van der Waals surface area contributed by atoms with Gasteiger partial charge in [0.25, 0.3) is 5.91 Å². The maximum absolute atomic E-state index is 13.7. The second-order valence-corrected chi connectivity index (χ2v) is 8.99. The first-order valence-electron chi connectivity index (χ1n) is 11.5. The predicted octanol–water partition coefficient (Wildman–Crippen LogP) is 4.42. The minimum Gasteiger partial charge on any atom is -0.382 e. The zero-order chi connectivity index (χ0) is 25.1. The molecule has 4 aromatic rings. The van der Waals surface area contributed by atoms with E-state index in [1.165, 1.54) is 0 Å². The number of carbonyl (C=O) groups is 2. The van der Waals surface area contributed by atoms with Crippen LogP contribution in [0.3, 0.4) is 0 Å². The van der Waals surface area contributed by atoms with Crippen molar-refractivity contribution in [1.29, 1.82) is 0 Å². The highest BCUT2D eigenvalue weighted by atomic mass is 35.5. The Kier molecular flexibility index (Phi) is 6.75. The van der Waals surface area contributed by atoms with Gasteiger partial charge in [0.05, 0.1) is 16.9 Å². The minimum absolute atomic E-state index is 0.200. The van der Waals surface area contributed by atoms with E-state index >= 15 is 0 Å². The van der Waals surface area contributed by atoms with Crippen LogP contribution in [0, 0.1) is 0 Å². The van der Waals surface area contributed by atoms with Gasteiger partial charge in [0.2, 0.25) is 5.91 Å². The first kappa shape index (κ1) is 23.7. The molecule has 0 spiro atoms. The predicted molar refractivity (Wildman–Crippen MR) is 136 cm³/mol. The molecule has 1 aliphatic rings. The molecule has 2 aromatic carbocycles. The smallest absolute Gasteiger partial charge is 0.256 e. The second-order valence-electron chi connectivity index (χ2n) is 8.55. The van der Waals surface area contributed by atoms with E-state index in [0.29, 0.717) is 33.2 Å². The van der Waals surface area contributed by atoms with Crippen LogP contribution in [0.1, 0.15) is 39.0 Å². The maximum Gasteiger partial charge on any atom is 0.256 e. The number of aromatic nitrogens is 2. The van der Waals surface area contributed by atoms with Gasteiger partial charge < -0.3 is 15.3 Å². The molecule has 5 rings (SSSR count). The lowest BCUT2D eigenvalue weighted by molar-refractivity contribution is -0.120. The van der Waals surface area contributed by atoms with Crippen LogP contribution in [0.4, 0.5) is 5.69 Å². The molecule has 7 nitrogen and oxygen atoms in total. The number of nitrogens with zero attached hydrogens (tertiary/aromatic N) is 3. The van der Waals surface area contributed by atoms with Gasteiger partial charge in [-0.15, -0.1) is 0 Å². The highest BCUT2D eigenvalue weighted by molar-refractivity contribution is 6.31. The number of pyridine rings is 2. The Morgan fingerprint density at radius 1 is 0.944 bits per heavy atom. The van der Waals surface area contributed by atoms with Crippen LogP contribution in [0.2, 0.25) is 5.02 Å². The Balaban J connectivity index is 1.46. The first-order chi connectivity index (χ1) is 17.5. The zero-order valence-electron chi connectivity index (χ0n) is 19.2. The molecule has 0 aliphatic carbocycles. The van der Waals surface area contributed by atoms with Crippen LogP contribution >= 0.6 is 11.6 Å². The molecule has 2 aromatic heterocycles. The van der Waals surface area contributed by atoms with Crippen LogP contribution in [-0.2, 0) is 17.8 Å². The van der Waals surface area contributed by atoms with E-state index < -0.39 is 12.1 Å². The Labute approximate surface area is 213 Å². The number of hydrogen-bond acceptors (Lipinski definition) is 5. The summed E-state index contributed by atoms with van der Waals surface area (Å²) in [6.45, 7) is 0.200. The van der Waals surface area contributed by atoms with E-state index in [1.54, 1.807) is 65.8 Å². The normalized spacial score (nSPS) is 16.2. The quantitative estimate of drug-likeness (QED) is 0.410. The number of carbonyl (C=O) groups excluding carboxylic acids is 2. The summed E-state index contributed by atoms with van der Waals surface area (Å²) < 4.78 is 0. The van der Waals surface area contributed by atoms with Gasteiger partial charge in [-0.2, -0.15) is 0 Å². The van der Waals surface area contributed by atoms with Crippen molar-refractivity contribution in [3.63, 3.8) is 0 Å². The molecule has 0 bridgehead atoms. The number of halogens is 1. The van der Waals surface area contributed by atoms with Gasteiger partial charge in [-0.1, -0.05) is 48.0 Å². The highest BCUT2D eigenvalue weighted by Gasteiger charge is 2.36. The molecule has 3 heterocycles. The molecule has 180 valence electrons. The van der Waals surface area contributed by atoms with Crippen molar-refractivity contribution in [2.24, 2.45) is 0 Å². The molecular formula is C28H23ClN4O3. The minimum atomic E-state index is -0.862. The average Bonchev–Trinajstić information content (AvgIpc) is 2.99. The third-order valence-corrected chi connectivity index (χ3v) is 6.39. The van der Waals surface area contributed by atoms with Crippen LogP contribution in [0.15, 0.2) is 91.3 Å². The van der Waals surface area contributed by atoms with E-state index in [0.717, 1.165) is 5.56 Å². The van der Waals surface area contributed by atoms with Gasteiger partial charge in [-0.3, -0.25) is 19.6 Å². The summed E-state index contributed by atoms with van der Waals surface area (Å²) in [5.41, 5.74) is 3.51. The van der Waals surface area contributed by atoms with Crippen molar-refractivity contribution in [1.82, 2.24) is 14.9 Å². The average molecular weight is 499 g/mol. The number of amides is 2. The van der Waals surface area contributed by atoms with Crippen molar-refractivity contribution in [2.75, 3.05) is 5.32 Å². The van der Waals surface area contributed by atoms with Crippen LogP contribution in [-0.4, -0.2) is 37.8 Å². The number of hydrogen-bond donors (Lipinski definition) is 2. The molecule has 2 amide bonds. The van der Waals surface area contributed by atoms with Gasteiger partial charge in [-0.05, 0) is 53.6 Å². The number of aliphatic hydroxyl groups excluding tert-OH is 1. The van der Waals surface area contributed by atoms with Crippen molar-refractivity contribution in [2.45, 2.75) is 25.1 Å². The summed E-state index contributed by atoms with van der Waals surface area (Å²) in [7, 11) is 0. The Hall–Kier alpha value is -4.07. The number of anilines is 1. The summed E-state index contributed by atoms with van der Waals surface area (Å²) in [6.07, 6.45) is 2.70. The summed E-state index contributed by atoms with van der Waals surface area (Å²) in [4.78, 5) is 37.1. The van der Waals surface area contributed by atoms with Gasteiger partial charge in [0.15, 0.2) is 0 Å². The number of aliphatic hydroxyl groups is 1. The maximum atomic E-state index is 13.7. The van der Waals surface area contributed by atoms with Gasteiger partial charge in [-0.25, -0.2) is 0 Å². The van der Waals surface area contributed by atoms with E-state index in [4.69, 9.17) is 11.6 Å². The summed E-state index contributed by atoms with van der Waals surface area (Å²) >= 11 is 6.13. The number of nitrogens with one attached hydrogen (secondary N) is 1. The molecule has 0 saturated carbocycles. The lowest BCUT2D eigenvalue weighted by atomic mass is 10.0. The summed E-state index contributed by atoms with van der Waals surface area (Å²) in [5, 5.41) is 14.0. The second kappa shape index (κ2) is 10.3. The fourth-order valence-corrected chi connectivity index (χ4v) is 4.44. The number of rotatable bonds is 6. The SMILES string of the molecule is O=C1Nc2cc(Cl)ccc2C(=O)N(Cc2ccc(C(O)c3ccccn3)cc2)C1Cc1ccccn1. The summed E-state index contributed by atoms with van der Waals surface area (Å²) in [5.74, 6) is -0.587. The largest absolute Gasteiger partial charge is 0.382 e. The Morgan fingerprint density at radius 2 is 1.69 bits per heavy atom. The van der Waals surface area contributed by atoms with Crippen LogP contribution < -0.4 is 5.32 Å². The Bertz CT molecular complexity index is 1380. The molecule has 0 fully saturated rings. The molecule has 2 unspecified atom stereocenters. The van der Waals surface area contributed by atoms with Gasteiger partial charge in [0, 0.05) is 36.1 Å². The van der Waals surface area contributed by atoms with Crippen molar-refractivity contribution in [3.05, 3.63) is 124 Å². The van der Waals surface area contributed by atoms with Crippen LogP contribution in [0.5, 0.6) is 0 Å². The standard InChI is InChI=1S/C28H23ClN4O3/c29-20-11-12-22-24(15-20)32-27(35)25(16-21-5-1-3-13-30-21)33(28(22)36)17-18-7-9-19(10-8-18)26(34)23-6-2-4-14-31-23/h1-15,25-26,34H,16-17H2,(H,32,35). The first-order valence-corrected chi connectivity index (χ1v) is 11.9. The summed E-state index contributed by atoms with van der Waals surface area (Å²) in [6, 6.07) is 22.2. The Morgan fingerprint density at radius 3 is 2.39 bits per heavy atom. The third-order valence-electron chi connectivity index (χ3n) is 6.15. The molecule has 0 saturated heterocycles. The molecule has 8 heteroatoms. The number of fused-ring (bicyclic) bond motifs is 1. The monoisotopic (exact) mass is 498 g/mol. The van der Waals surface area contributed by atoms with Crippen molar-refractivity contribution in [3.8, 4) is 0 Å². The van der Waals surface area contributed by atoms with Crippen molar-refractivity contribution >= 4 is 29.1 Å². The topological polar surface area (TPSA) is 95.4 Å². The molecule has 2 N–H and O–H groups in total. The fourth-order valence-electron chi connectivity index (χ4n) is 4.27. The van der Waals surface area contributed by atoms with E-state index in [-0.39, 0.29) is 24.8 Å². The molecular weight excluding hydrogens is 476 g/mol. The van der Waals surface area contributed by atoms with E-state index in [1.807, 2.05) is 30.3 Å². The molecule has 2 atom stereocenters.